The molecule has 1 aliphatic rings. The molecular formula is C14H22N2O. The summed E-state index contributed by atoms with van der Waals surface area (Å²) in [6, 6.07) is 7.01. The van der Waals surface area contributed by atoms with E-state index in [4.69, 9.17) is 10.5 Å². The van der Waals surface area contributed by atoms with Crippen LogP contribution in [0.15, 0.2) is 18.2 Å². The highest BCUT2D eigenvalue weighted by Crippen LogP contribution is 2.26. The van der Waals surface area contributed by atoms with Crippen molar-refractivity contribution in [1.82, 2.24) is 4.90 Å². The third-order valence-corrected chi connectivity index (χ3v) is 3.60. The number of nitrogens with two attached hydrogens (primary N) is 1. The van der Waals surface area contributed by atoms with Crippen LogP contribution in [0.1, 0.15) is 18.1 Å². The topological polar surface area (TPSA) is 38.5 Å². The van der Waals surface area contributed by atoms with Crippen molar-refractivity contribution < 1.29 is 4.74 Å². The molecule has 94 valence electrons. The fourth-order valence-corrected chi connectivity index (χ4v) is 2.10. The molecule has 0 aliphatic carbocycles. The van der Waals surface area contributed by atoms with Crippen LogP contribution in [0.3, 0.4) is 0 Å². The molecule has 0 saturated heterocycles. The lowest BCUT2D eigenvalue weighted by atomic mass is 10.1. The molecule has 17 heavy (non-hydrogen) atoms. The van der Waals surface area contributed by atoms with Crippen LogP contribution in [0, 0.1) is 0 Å². The molecule has 3 nitrogen and oxygen atoms in total. The summed E-state index contributed by atoms with van der Waals surface area (Å²) >= 11 is 0. The standard InChI is InChI=1S/C14H22N2O/c1-11(10-15)16(2)7-5-12-3-4-14-13(9-12)6-8-17-14/h3-4,9,11H,5-8,10,15H2,1-2H3. The van der Waals surface area contributed by atoms with Gasteiger partial charge in [0.1, 0.15) is 5.75 Å². The Balaban J connectivity index is 1.91. The summed E-state index contributed by atoms with van der Waals surface area (Å²) in [4.78, 5) is 2.31. The van der Waals surface area contributed by atoms with E-state index in [1.54, 1.807) is 0 Å². The van der Waals surface area contributed by atoms with Gasteiger partial charge in [0.15, 0.2) is 0 Å². The van der Waals surface area contributed by atoms with Gasteiger partial charge in [0.25, 0.3) is 0 Å². The molecule has 0 amide bonds. The van der Waals surface area contributed by atoms with Gasteiger partial charge in [0.2, 0.25) is 0 Å². The van der Waals surface area contributed by atoms with Crippen LogP contribution in [0.5, 0.6) is 5.75 Å². The smallest absolute Gasteiger partial charge is 0.122 e. The second-order valence-electron chi connectivity index (χ2n) is 4.86. The lowest BCUT2D eigenvalue weighted by Gasteiger charge is -2.23. The van der Waals surface area contributed by atoms with Gasteiger partial charge in [0, 0.05) is 25.6 Å². The fraction of sp³-hybridized carbons (Fsp3) is 0.571. The fourth-order valence-electron chi connectivity index (χ4n) is 2.10. The maximum atomic E-state index is 5.66. The molecule has 0 saturated carbocycles. The van der Waals surface area contributed by atoms with Crippen molar-refractivity contribution in [3.05, 3.63) is 29.3 Å². The average Bonchev–Trinajstić information content (AvgIpc) is 2.82. The zero-order valence-electron chi connectivity index (χ0n) is 10.8. The lowest BCUT2D eigenvalue weighted by molar-refractivity contribution is 0.266. The number of fused-ring (bicyclic) bond motifs is 1. The number of nitrogens with zero attached hydrogens (tertiary/aromatic N) is 1. The minimum Gasteiger partial charge on any atom is -0.493 e. The predicted molar refractivity (Wildman–Crippen MR) is 70.5 cm³/mol. The average molecular weight is 234 g/mol. The molecular weight excluding hydrogens is 212 g/mol. The summed E-state index contributed by atoms with van der Waals surface area (Å²) in [7, 11) is 2.13. The Morgan fingerprint density at radius 3 is 3.06 bits per heavy atom. The first-order chi connectivity index (χ1) is 8.20. The Labute approximate surface area is 104 Å². The Kier molecular flexibility index (Phi) is 4.02. The maximum Gasteiger partial charge on any atom is 0.122 e. The van der Waals surface area contributed by atoms with Gasteiger partial charge in [-0.15, -0.1) is 0 Å². The van der Waals surface area contributed by atoms with Gasteiger partial charge < -0.3 is 15.4 Å². The molecule has 2 N–H and O–H groups in total. The number of rotatable bonds is 5. The van der Waals surface area contributed by atoms with E-state index in [1.165, 1.54) is 11.1 Å². The second-order valence-corrected chi connectivity index (χ2v) is 4.86. The highest BCUT2D eigenvalue weighted by molar-refractivity contribution is 5.39. The number of hydrogen-bond acceptors (Lipinski definition) is 3. The third-order valence-electron chi connectivity index (χ3n) is 3.60. The van der Waals surface area contributed by atoms with Crippen LogP contribution in [0.25, 0.3) is 0 Å². The summed E-state index contributed by atoms with van der Waals surface area (Å²) in [6.45, 7) is 4.77. The molecule has 1 aliphatic heterocycles. The van der Waals surface area contributed by atoms with Gasteiger partial charge in [-0.3, -0.25) is 0 Å². The van der Waals surface area contributed by atoms with E-state index in [0.29, 0.717) is 12.6 Å². The minimum absolute atomic E-state index is 0.452. The third kappa shape index (κ3) is 2.99. The van der Waals surface area contributed by atoms with Crippen molar-refractivity contribution in [3.63, 3.8) is 0 Å². The first kappa shape index (κ1) is 12.4. The summed E-state index contributed by atoms with van der Waals surface area (Å²) in [5.74, 6) is 1.07. The number of likely N-dealkylation sites (N-methyl/N-ethyl adjacent to an activating group) is 1. The van der Waals surface area contributed by atoms with Gasteiger partial charge >= 0.3 is 0 Å². The molecule has 2 rings (SSSR count). The second kappa shape index (κ2) is 5.52. The van der Waals surface area contributed by atoms with Crippen LogP contribution >= 0.6 is 0 Å². The summed E-state index contributed by atoms with van der Waals surface area (Å²) in [6.07, 6.45) is 2.13. The zero-order chi connectivity index (χ0) is 12.3. The van der Waals surface area contributed by atoms with Crippen molar-refractivity contribution in [2.75, 3.05) is 26.7 Å². The van der Waals surface area contributed by atoms with E-state index in [2.05, 4.69) is 37.1 Å². The SMILES string of the molecule is CC(CN)N(C)CCc1ccc2c(c1)CCO2. The quantitative estimate of drug-likeness (QED) is 0.838. The molecule has 1 atom stereocenters. The first-order valence-electron chi connectivity index (χ1n) is 6.35. The number of benzene rings is 1. The van der Waals surface area contributed by atoms with E-state index in [-0.39, 0.29) is 0 Å². The molecule has 1 aromatic rings. The molecule has 1 unspecified atom stereocenters. The van der Waals surface area contributed by atoms with Crippen LogP contribution in [-0.2, 0) is 12.8 Å². The van der Waals surface area contributed by atoms with Crippen molar-refractivity contribution in [2.24, 2.45) is 5.73 Å². The maximum absolute atomic E-state index is 5.66. The Morgan fingerprint density at radius 1 is 1.47 bits per heavy atom. The van der Waals surface area contributed by atoms with Gasteiger partial charge in [-0.1, -0.05) is 12.1 Å². The van der Waals surface area contributed by atoms with E-state index in [0.717, 1.165) is 31.7 Å². The zero-order valence-corrected chi connectivity index (χ0v) is 10.8. The Bertz CT molecular complexity index is 378. The largest absolute Gasteiger partial charge is 0.493 e. The number of ether oxygens (including phenoxy) is 1. The Morgan fingerprint density at radius 2 is 2.29 bits per heavy atom. The normalized spacial score (nSPS) is 15.8. The summed E-state index contributed by atoms with van der Waals surface area (Å²) < 4.78 is 5.51. The van der Waals surface area contributed by atoms with Gasteiger partial charge in [-0.05, 0) is 37.6 Å². The van der Waals surface area contributed by atoms with E-state index in [1.807, 2.05) is 0 Å². The number of hydrogen-bond donors (Lipinski definition) is 1. The van der Waals surface area contributed by atoms with Crippen molar-refractivity contribution in [3.8, 4) is 5.75 Å². The van der Waals surface area contributed by atoms with E-state index in [9.17, 15) is 0 Å². The van der Waals surface area contributed by atoms with Crippen LogP contribution in [0.4, 0.5) is 0 Å². The lowest BCUT2D eigenvalue weighted by Crippen LogP contribution is -2.36. The van der Waals surface area contributed by atoms with Gasteiger partial charge in [-0.2, -0.15) is 0 Å². The summed E-state index contributed by atoms with van der Waals surface area (Å²) in [5.41, 5.74) is 8.41. The molecule has 0 bridgehead atoms. The molecule has 3 heteroatoms. The van der Waals surface area contributed by atoms with Gasteiger partial charge in [-0.25, -0.2) is 0 Å². The highest BCUT2D eigenvalue weighted by atomic mass is 16.5. The monoisotopic (exact) mass is 234 g/mol. The molecule has 0 aromatic heterocycles. The summed E-state index contributed by atoms with van der Waals surface area (Å²) in [5, 5.41) is 0. The van der Waals surface area contributed by atoms with E-state index < -0.39 is 0 Å². The van der Waals surface area contributed by atoms with Gasteiger partial charge in [0.05, 0.1) is 6.61 Å². The highest BCUT2D eigenvalue weighted by Gasteiger charge is 2.12. The van der Waals surface area contributed by atoms with Crippen molar-refractivity contribution in [2.45, 2.75) is 25.8 Å². The minimum atomic E-state index is 0.452. The van der Waals surface area contributed by atoms with Crippen LogP contribution in [-0.4, -0.2) is 37.7 Å². The van der Waals surface area contributed by atoms with Crippen molar-refractivity contribution >= 4 is 0 Å². The molecule has 0 fully saturated rings. The van der Waals surface area contributed by atoms with Crippen LogP contribution in [0.2, 0.25) is 0 Å². The predicted octanol–water partition coefficient (Wildman–Crippen LogP) is 1.44. The van der Waals surface area contributed by atoms with Crippen molar-refractivity contribution in [1.29, 1.82) is 0 Å². The molecule has 0 spiro atoms. The van der Waals surface area contributed by atoms with Crippen LogP contribution < -0.4 is 10.5 Å². The first-order valence-corrected chi connectivity index (χ1v) is 6.35. The molecule has 1 aromatic carbocycles. The molecule has 0 radical (unpaired) electrons. The molecule has 1 heterocycles. The Hall–Kier alpha value is -1.06. The van der Waals surface area contributed by atoms with E-state index >= 15 is 0 Å².